The molecule has 5 heteroatoms. The maximum Gasteiger partial charge on any atom is 0.223 e. The van der Waals surface area contributed by atoms with E-state index in [0.717, 1.165) is 42.6 Å². The van der Waals surface area contributed by atoms with Crippen LogP contribution in [0.1, 0.15) is 43.4 Å². The van der Waals surface area contributed by atoms with E-state index < -0.39 is 0 Å². The summed E-state index contributed by atoms with van der Waals surface area (Å²) in [5.41, 5.74) is 2.36. The van der Waals surface area contributed by atoms with Crippen LogP contribution in [0.25, 0.3) is 5.82 Å². The van der Waals surface area contributed by atoms with Crippen LogP contribution in [0, 0.1) is 17.8 Å². The van der Waals surface area contributed by atoms with Crippen LogP contribution in [-0.2, 0) is 17.8 Å². The van der Waals surface area contributed by atoms with Gasteiger partial charge in [0.25, 0.3) is 0 Å². The molecule has 2 fully saturated rings. The summed E-state index contributed by atoms with van der Waals surface area (Å²) in [5.74, 6) is 3.57. The molecule has 0 spiro atoms. The van der Waals surface area contributed by atoms with Crippen LogP contribution in [-0.4, -0.2) is 32.1 Å². The maximum atomic E-state index is 12.8. The summed E-state index contributed by atoms with van der Waals surface area (Å²) in [6.45, 7) is 1.49. The molecule has 1 amide bonds. The Balaban J connectivity index is 1.28. The second-order valence-corrected chi connectivity index (χ2v) is 7.92. The fourth-order valence-corrected chi connectivity index (χ4v) is 5.20. The highest BCUT2D eigenvalue weighted by atomic mass is 16.2. The predicted octanol–water partition coefficient (Wildman–Crippen LogP) is 2.98. The van der Waals surface area contributed by atoms with Crippen molar-refractivity contribution < 1.29 is 4.79 Å². The molecule has 1 aliphatic heterocycles. The second kappa shape index (κ2) is 5.97. The first-order chi connectivity index (χ1) is 12.3. The molecule has 3 aliphatic rings. The molecular formula is C20H24N4O. The Morgan fingerprint density at radius 1 is 1.24 bits per heavy atom. The lowest BCUT2D eigenvalue weighted by Gasteiger charge is -2.30. The standard InChI is InChI=1S/C20H24N4O/c25-20(11-16-10-14-4-5-15(16)9-14)23-8-6-18-17(13-23)12-22-24(18)19-3-1-2-7-21-19/h1-3,7,12,14-16H,4-6,8-11,13H2/t14-,15+,16?/m1/s1. The molecule has 5 rings (SSSR count). The zero-order chi connectivity index (χ0) is 16.8. The van der Waals surface area contributed by atoms with Crippen molar-refractivity contribution >= 4 is 5.91 Å². The summed E-state index contributed by atoms with van der Waals surface area (Å²) >= 11 is 0. The van der Waals surface area contributed by atoms with E-state index in [4.69, 9.17) is 0 Å². The van der Waals surface area contributed by atoms with Crippen molar-refractivity contribution in [2.75, 3.05) is 6.54 Å². The molecule has 2 aliphatic carbocycles. The van der Waals surface area contributed by atoms with Crippen molar-refractivity contribution in [2.24, 2.45) is 17.8 Å². The zero-order valence-electron chi connectivity index (χ0n) is 14.5. The van der Waals surface area contributed by atoms with Gasteiger partial charge in [0.05, 0.1) is 11.9 Å². The summed E-state index contributed by atoms with van der Waals surface area (Å²) in [4.78, 5) is 19.2. The van der Waals surface area contributed by atoms with E-state index in [1.54, 1.807) is 6.20 Å². The van der Waals surface area contributed by atoms with Gasteiger partial charge >= 0.3 is 0 Å². The lowest BCUT2D eigenvalue weighted by molar-refractivity contribution is -0.133. The van der Waals surface area contributed by atoms with Gasteiger partial charge in [-0.15, -0.1) is 0 Å². The fourth-order valence-electron chi connectivity index (χ4n) is 5.20. The van der Waals surface area contributed by atoms with Crippen LogP contribution < -0.4 is 0 Å². The van der Waals surface area contributed by atoms with Crippen LogP contribution in [0.3, 0.4) is 0 Å². The van der Waals surface area contributed by atoms with Crippen molar-refractivity contribution in [3.05, 3.63) is 41.9 Å². The molecule has 0 aromatic carbocycles. The molecule has 3 atom stereocenters. The van der Waals surface area contributed by atoms with Crippen molar-refractivity contribution in [3.63, 3.8) is 0 Å². The number of carbonyl (C=O) groups is 1. The summed E-state index contributed by atoms with van der Waals surface area (Å²) < 4.78 is 1.92. The number of carbonyl (C=O) groups excluding carboxylic acids is 1. The van der Waals surface area contributed by atoms with Crippen molar-refractivity contribution in [1.82, 2.24) is 19.7 Å². The number of nitrogens with zero attached hydrogens (tertiary/aromatic N) is 4. The van der Waals surface area contributed by atoms with Crippen LogP contribution in [0.2, 0.25) is 0 Å². The smallest absolute Gasteiger partial charge is 0.223 e. The lowest BCUT2D eigenvalue weighted by atomic mass is 9.86. The van der Waals surface area contributed by atoms with Gasteiger partial charge in [-0.2, -0.15) is 5.10 Å². The van der Waals surface area contributed by atoms with Gasteiger partial charge in [0.15, 0.2) is 5.82 Å². The van der Waals surface area contributed by atoms with Crippen LogP contribution in [0.5, 0.6) is 0 Å². The fraction of sp³-hybridized carbons (Fsp3) is 0.550. The normalized spacial score (nSPS) is 27.5. The van der Waals surface area contributed by atoms with Gasteiger partial charge < -0.3 is 4.90 Å². The first-order valence-corrected chi connectivity index (χ1v) is 9.53. The molecule has 0 saturated heterocycles. The van der Waals surface area contributed by atoms with E-state index in [1.807, 2.05) is 34.0 Å². The Bertz CT molecular complexity index is 784. The molecule has 2 aromatic rings. The van der Waals surface area contributed by atoms with Crippen LogP contribution in [0.4, 0.5) is 0 Å². The van der Waals surface area contributed by atoms with Gasteiger partial charge in [0.2, 0.25) is 5.91 Å². The Morgan fingerprint density at radius 3 is 2.96 bits per heavy atom. The van der Waals surface area contributed by atoms with E-state index in [9.17, 15) is 4.79 Å². The molecule has 25 heavy (non-hydrogen) atoms. The van der Waals surface area contributed by atoms with Gasteiger partial charge in [-0.3, -0.25) is 4.79 Å². The number of fused-ring (bicyclic) bond motifs is 3. The first-order valence-electron chi connectivity index (χ1n) is 9.53. The third-order valence-electron chi connectivity index (χ3n) is 6.48. The number of rotatable bonds is 3. The minimum Gasteiger partial charge on any atom is -0.338 e. The molecule has 2 bridgehead atoms. The Hall–Kier alpha value is -2.17. The number of hydrogen-bond acceptors (Lipinski definition) is 3. The summed E-state index contributed by atoms with van der Waals surface area (Å²) in [7, 11) is 0. The maximum absolute atomic E-state index is 12.8. The van der Waals surface area contributed by atoms with E-state index in [0.29, 0.717) is 18.4 Å². The summed E-state index contributed by atoms with van der Waals surface area (Å²) in [6.07, 6.45) is 10.7. The third-order valence-corrected chi connectivity index (χ3v) is 6.48. The second-order valence-electron chi connectivity index (χ2n) is 7.92. The summed E-state index contributed by atoms with van der Waals surface area (Å²) in [5, 5.41) is 4.51. The minimum absolute atomic E-state index is 0.341. The highest BCUT2D eigenvalue weighted by Crippen LogP contribution is 2.49. The van der Waals surface area contributed by atoms with Crippen molar-refractivity contribution in [1.29, 1.82) is 0 Å². The first kappa shape index (κ1) is 15.1. The molecule has 130 valence electrons. The van der Waals surface area contributed by atoms with Gasteiger partial charge in [0, 0.05) is 37.7 Å². The highest BCUT2D eigenvalue weighted by molar-refractivity contribution is 5.77. The van der Waals surface area contributed by atoms with Crippen LogP contribution in [0.15, 0.2) is 30.6 Å². The van der Waals surface area contributed by atoms with Gasteiger partial charge in [-0.25, -0.2) is 9.67 Å². The average molecular weight is 336 g/mol. The largest absolute Gasteiger partial charge is 0.338 e. The van der Waals surface area contributed by atoms with E-state index in [1.165, 1.54) is 31.4 Å². The third kappa shape index (κ3) is 2.66. The number of pyridine rings is 1. The molecule has 5 nitrogen and oxygen atoms in total. The molecular weight excluding hydrogens is 312 g/mol. The molecule has 0 N–H and O–H groups in total. The Labute approximate surface area is 148 Å². The van der Waals surface area contributed by atoms with Gasteiger partial charge in [-0.05, 0) is 49.1 Å². The Kier molecular flexibility index (Phi) is 3.61. The topological polar surface area (TPSA) is 51.0 Å². The number of amides is 1. The van der Waals surface area contributed by atoms with Crippen molar-refractivity contribution in [3.8, 4) is 5.82 Å². The quantitative estimate of drug-likeness (QED) is 0.866. The van der Waals surface area contributed by atoms with E-state index in [-0.39, 0.29) is 0 Å². The molecule has 0 radical (unpaired) electrons. The predicted molar refractivity (Wildman–Crippen MR) is 94.0 cm³/mol. The SMILES string of the molecule is O=C(CC1C[C@@H]2CC[C@H]1C2)N1CCc2c(cnn2-c2ccccn2)C1. The highest BCUT2D eigenvalue weighted by Gasteiger charge is 2.40. The molecule has 1 unspecified atom stereocenters. The van der Waals surface area contributed by atoms with Gasteiger partial charge in [-0.1, -0.05) is 12.5 Å². The van der Waals surface area contributed by atoms with Gasteiger partial charge in [0.1, 0.15) is 0 Å². The van der Waals surface area contributed by atoms with E-state index in [2.05, 4.69) is 10.1 Å². The number of hydrogen-bond donors (Lipinski definition) is 0. The monoisotopic (exact) mass is 336 g/mol. The number of aromatic nitrogens is 3. The zero-order valence-corrected chi connectivity index (χ0v) is 14.5. The lowest BCUT2D eigenvalue weighted by Crippen LogP contribution is -2.37. The minimum atomic E-state index is 0.341. The molecule has 2 aromatic heterocycles. The average Bonchev–Trinajstić information content (AvgIpc) is 3.37. The molecule has 2 saturated carbocycles. The Morgan fingerprint density at radius 2 is 2.20 bits per heavy atom. The summed E-state index contributed by atoms with van der Waals surface area (Å²) in [6, 6.07) is 5.86. The van der Waals surface area contributed by atoms with Crippen LogP contribution >= 0.6 is 0 Å². The van der Waals surface area contributed by atoms with E-state index >= 15 is 0 Å². The van der Waals surface area contributed by atoms with Crippen molar-refractivity contribution in [2.45, 2.75) is 45.1 Å². The molecule has 3 heterocycles.